The highest BCUT2D eigenvalue weighted by molar-refractivity contribution is 5.93. The Bertz CT molecular complexity index is 438. The van der Waals surface area contributed by atoms with E-state index in [0.717, 1.165) is 0 Å². The third kappa shape index (κ3) is 4.24. The molecule has 4 heteroatoms. The van der Waals surface area contributed by atoms with Crippen molar-refractivity contribution in [2.75, 3.05) is 11.4 Å². The van der Waals surface area contributed by atoms with Crippen molar-refractivity contribution in [1.82, 2.24) is 0 Å². The lowest BCUT2D eigenvalue weighted by atomic mass is 9.85. The molecule has 0 fully saturated rings. The van der Waals surface area contributed by atoms with E-state index >= 15 is 0 Å². The minimum absolute atomic E-state index is 0.0180. The number of phenolic OH excluding ortho intramolecular Hbond substituents is 1. The summed E-state index contributed by atoms with van der Waals surface area (Å²) in [5.74, 6) is 0.138. The van der Waals surface area contributed by atoms with Crippen LogP contribution in [0.3, 0.4) is 0 Å². The molecule has 0 radical (unpaired) electrons. The van der Waals surface area contributed by atoms with Gasteiger partial charge in [-0.25, -0.2) is 0 Å². The van der Waals surface area contributed by atoms with E-state index in [1.165, 1.54) is 0 Å². The number of nitrogens with two attached hydrogens (primary N) is 1. The first-order chi connectivity index (χ1) is 8.75. The van der Waals surface area contributed by atoms with Crippen LogP contribution in [-0.4, -0.2) is 23.6 Å². The van der Waals surface area contributed by atoms with Crippen LogP contribution in [-0.2, 0) is 4.79 Å². The summed E-state index contributed by atoms with van der Waals surface area (Å²) in [6.45, 7) is 8.53. The Balaban J connectivity index is 2.84. The molecule has 0 aliphatic heterocycles. The molecular weight excluding hydrogens is 240 g/mol. The Labute approximate surface area is 115 Å². The normalized spacial score (nSPS) is 13.1. The molecule has 0 aliphatic carbocycles. The van der Waals surface area contributed by atoms with Crippen molar-refractivity contribution >= 4 is 11.6 Å². The minimum atomic E-state index is -0.189. The van der Waals surface area contributed by atoms with E-state index in [1.807, 2.05) is 33.8 Å². The molecule has 0 aromatic heterocycles. The fraction of sp³-hybridized carbons (Fsp3) is 0.533. The molecule has 3 N–H and O–H groups in total. The van der Waals surface area contributed by atoms with Crippen LogP contribution in [0.5, 0.6) is 5.75 Å². The summed E-state index contributed by atoms with van der Waals surface area (Å²) in [4.78, 5) is 14.0. The van der Waals surface area contributed by atoms with Crippen molar-refractivity contribution in [1.29, 1.82) is 0 Å². The van der Waals surface area contributed by atoms with Crippen LogP contribution < -0.4 is 10.6 Å². The number of carbonyl (C=O) groups excluding carboxylic acids is 1. The van der Waals surface area contributed by atoms with Crippen molar-refractivity contribution in [3.63, 3.8) is 0 Å². The van der Waals surface area contributed by atoms with Crippen molar-refractivity contribution < 1.29 is 9.90 Å². The summed E-state index contributed by atoms with van der Waals surface area (Å²) in [7, 11) is 0. The highest BCUT2D eigenvalue weighted by Gasteiger charge is 2.25. The van der Waals surface area contributed by atoms with Gasteiger partial charge in [-0.3, -0.25) is 4.79 Å². The van der Waals surface area contributed by atoms with Crippen LogP contribution >= 0.6 is 0 Å². The van der Waals surface area contributed by atoms with Crippen molar-refractivity contribution in [3.05, 3.63) is 24.3 Å². The Kier molecular flexibility index (Phi) is 4.95. The van der Waals surface area contributed by atoms with E-state index in [9.17, 15) is 9.90 Å². The Morgan fingerprint density at radius 2 is 2.05 bits per heavy atom. The maximum atomic E-state index is 12.3. The average Bonchev–Trinajstić information content (AvgIpc) is 2.28. The van der Waals surface area contributed by atoms with Gasteiger partial charge in [0.1, 0.15) is 5.75 Å². The predicted molar refractivity (Wildman–Crippen MR) is 78.2 cm³/mol. The largest absolute Gasteiger partial charge is 0.508 e. The van der Waals surface area contributed by atoms with E-state index < -0.39 is 0 Å². The Morgan fingerprint density at radius 1 is 1.42 bits per heavy atom. The predicted octanol–water partition coefficient (Wildman–Crippen LogP) is 2.51. The van der Waals surface area contributed by atoms with Gasteiger partial charge in [0.15, 0.2) is 0 Å². The van der Waals surface area contributed by atoms with Gasteiger partial charge >= 0.3 is 0 Å². The van der Waals surface area contributed by atoms with Crippen LogP contribution in [0, 0.1) is 5.41 Å². The van der Waals surface area contributed by atoms with Gasteiger partial charge in [-0.1, -0.05) is 26.8 Å². The Morgan fingerprint density at radius 3 is 2.53 bits per heavy atom. The van der Waals surface area contributed by atoms with Gasteiger partial charge in [-0.2, -0.15) is 0 Å². The topological polar surface area (TPSA) is 66.6 Å². The lowest BCUT2D eigenvalue weighted by Gasteiger charge is -2.29. The third-order valence-corrected chi connectivity index (χ3v) is 3.27. The fourth-order valence-corrected chi connectivity index (χ4v) is 1.77. The number of aromatic hydroxyl groups is 1. The second kappa shape index (κ2) is 6.06. The number of benzene rings is 1. The second-order valence-corrected chi connectivity index (χ2v) is 5.83. The van der Waals surface area contributed by atoms with Crippen molar-refractivity contribution in [3.8, 4) is 5.75 Å². The molecule has 1 rings (SSSR count). The SMILES string of the molecule is CCN(C(=O)CC(N)C(C)(C)C)c1cccc(O)c1. The average molecular weight is 264 g/mol. The lowest BCUT2D eigenvalue weighted by molar-refractivity contribution is -0.119. The van der Waals surface area contributed by atoms with Gasteiger partial charge < -0.3 is 15.7 Å². The molecule has 1 aromatic carbocycles. The molecule has 0 saturated heterocycles. The number of nitrogens with zero attached hydrogens (tertiary/aromatic N) is 1. The zero-order valence-corrected chi connectivity index (χ0v) is 12.2. The fourth-order valence-electron chi connectivity index (χ4n) is 1.77. The van der Waals surface area contributed by atoms with Crippen molar-refractivity contribution in [2.45, 2.75) is 40.2 Å². The summed E-state index contributed by atoms with van der Waals surface area (Å²) in [6, 6.07) is 6.52. The van der Waals surface area contributed by atoms with Gasteiger partial charge in [0.2, 0.25) is 5.91 Å². The number of amides is 1. The van der Waals surface area contributed by atoms with Gasteiger partial charge in [0, 0.05) is 30.8 Å². The van der Waals surface area contributed by atoms with E-state index in [1.54, 1.807) is 23.1 Å². The monoisotopic (exact) mass is 264 g/mol. The molecule has 1 unspecified atom stereocenters. The molecule has 0 aliphatic rings. The molecular formula is C15H24N2O2. The van der Waals surface area contributed by atoms with Crippen LogP contribution in [0.2, 0.25) is 0 Å². The molecule has 0 bridgehead atoms. The molecule has 1 aromatic rings. The summed E-state index contributed by atoms with van der Waals surface area (Å²) in [6.07, 6.45) is 0.299. The first-order valence-corrected chi connectivity index (χ1v) is 6.60. The molecule has 0 spiro atoms. The highest BCUT2D eigenvalue weighted by atomic mass is 16.3. The first kappa shape index (κ1) is 15.5. The molecule has 1 amide bonds. The lowest BCUT2D eigenvalue weighted by Crippen LogP contribution is -2.41. The summed E-state index contributed by atoms with van der Waals surface area (Å²) >= 11 is 0. The molecule has 19 heavy (non-hydrogen) atoms. The Hall–Kier alpha value is -1.55. The van der Waals surface area contributed by atoms with Crippen LogP contribution in [0.4, 0.5) is 5.69 Å². The number of anilines is 1. The number of carbonyl (C=O) groups is 1. The zero-order chi connectivity index (χ0) is 14.6. The zero-order valence-electron chi connectivity index (χ0n) is 12.2. The smallest absolute Gasteiger partial charge is 0.228 e. The van der Waals surface area contributed by atoms with Crippen LogP contribution in [0.1, 0.15) is 34.1 Å². The second-order valence-electron chi connectivity index (χ2n) is 5.83. The maximum Gasteiger partial charge on any atom is 0.228 e. The molecule has 0 saturated carbocycles. The first-order valence-electron chi connectivity index (χ1n) is 6.60. The van der Waals surface area contributed by atoms with Gasteiger partial charge in [-0.05, 0) is 24.5 Å². The number of hydrogen-bond donors (Lipinski definition) is 2. The van der Waals surface area contributed by atoms with E-state index in [4.69, 9.17) is 5.73 Å². The highest BCUT2D eigenvalue weighted by Crippen LogP contribution is 2.24. The molecule has 106 valence electrons. The minimum Gasteiger partial charge on any atom is -0.508 e. The summed E-state index contributed by atoms with van der Waals surface area (Å²) in [5, 5.41) is 9.49. The van der Waals surface area contributed by atoms with E-state index in [2.05, 4.69) is 0 Å². The van der Waals surface area contributed by atoms with Gasteiger partial charge in [0.25, 0.3) is 0 Å². The van der Waals surface area contributed by atoms with E-state index in [0.29, 0.717) is 18.7 Å². The van der Waals surface area contributed by atoms with Gasteiger partial charge in [0.05, 0.1) is 0 Å². The summed E-state index contributed by atoms with van der Waals surface area (Å²) in [5.41, 5.74) is 6.65. The molecule has 1 atom stereocenters. The van der Waals surface area contributed by atoms with E-state index in [-0.39, 0.29) is 23.1 Å². The van der Waals surface area contributed by atoms with Crippen molar-refractivity contribution in [2.24, 2.45) is 11.1 Å². The van der Waals surface area contributed by atoms with Crippen LogP contribution in [0.25, 0.3) is 0 Å². The number of rotatable bonds is 4. The summed E-state index contributed by atoms with van der Waals surface area (Å²) < 4.78 is 0. The molecule has 0 heterocycles. The molecule has 4 nitrogen and oxygen atoms in total. The standard InChI is InChI=1S/C15H24N2O2/c1-5-17(11-7-6-8-12(18)9-11)14(19)10-13(16)15(2,3)4/h6-9,13,18H,5,10,16H2,1-4H3. The van der Waals surface area contributed by atoms with Crippen LogP contribution in [0.15, 0.2) is 24.3 Å². The number of phenols is 1. The maximum absolute atomic E-state index is 12.3. The third-order valence-electron chi connectivity index (χ3n) is 3.27. The quantitative estimate of drug-likeness (QED) is 0.878. The van der Waals surface area contributed by atoms with Gasteiger partial charge in [-0.15, -0.1) is 0 Å². The number of hydrogen-bond acceptors (Lipinski definition) is 3.